The Kier molecular flexibility index (Phi) is 10.6. The van der Waals surface area contributed by atoms with Crippen LogP contribution in [0.25, 0.3) is 0 Å². The lowest BCUT2D eigenvalue weighted by molar-refractivity contribution is -0.120. The lowest BCUT2D eigenvalue weighted by Gasteiger charge is -2.11. The molecular formula is C16H25NO4. The van der Waals surface area contributed by atoms with Gasteiger partial charge in [-0.2, -0.15) is 0 Å². The van der Waals surface area contributed by atoms with E-state index in [1.54, 1.807) is 26.2 Å². The number of hydrogen-bond donors (Lipinski definition) is 1. The Morgan fingerprint density at radius 3 is 2.43 bits per heavy atom. The maximum Gasteiger partial charge on any atom is 0.224 e. The molecule has 0 spiro atoms. The van der Waals surface area contributed by atoms with Crippen LogP contribution in [0.5, 0.6) is 0 Å². The molecule has 0 heterocycles. The summed E-state index contributed by atoms with van der Waals surface area (Å²) in [6.07, 6.45) is 7.69. The molecule has 0 saturated heterocycles. The van der Waals surface area contributed by atoms with Gasteiger partial charge in [0.25, 0.3) is 0 Å². The van der Waals surface area contributed by atoms with Crippen molar-refractivity contribution < 1.29 is 19.1 Å². The summed E-state index contributed by atoms with van der Waals surface area (Å²) in [6, 6.07) is 0. The molecular weight excluding hydrogens is 270 g/mol. The van der Waals surface area contributed by atoms with Crippen LogP contribution in [0.15, 0.2) is 35.9 Å². The predicted molar refractivity (Wildman–Crippen MR) is 82.3 cm³/mol. The highest BCUT2D eigenvalue weighted by Gasteiger charge is 2.07. The average Bonchev–Trinajstić information content (AvgIpc) is 2.49. The second kappa shape index (κ2) is 11.8. The van der Waals surface area contributed by atoms with Crippen molar-refractivity contribution in [3.05, 3.63) is 35.9 Å². The minimum absolute atomic E-state index is 0.103. The molecule has 0 fully saturated rings. The van der Waals surface area contributed by atoms with Crippen LogP contribution in [0.1, 0.15) is 39.0 Å². The largest absolute Gasteiger partial charge is 0.501 e. The number of amides is 1. The first kappa shape index (κ1) is 19.0. The predicted octanol–water partition coefficient (Wildman–Crippen LogP) is 2.85. The summed E-state index contributed by atoms with van der Waals surface area (Å²) in [7, 11) is 3.07. The van der Waals surface area contributed by atoms with Gasteiger partial charge in [0.2, 0.25) is 5.91 Å². The second-order valence-electron chi connectivity index (χ2n) is 4.50. The second-order valence-corrected chi connectivity index (χ2v) is 4.50. The maximum atomic E-state index is 11.9. The third-order valence-electron chi connectivity index (χ3n) is 2.85. The molecule has 0 aromatic rings. The fourth-order valence-corrected chi connectivity index (χ4v) is 1.49. The highest BCUT2D eigenvalue weighted by Crippen LogP contribution is 2.08. The summed E-state index contributed by atoms with van der Waals surface area (Å²) in [4.78, 5) is 22.0. The van der Waals surface area contributed by atoms with Gasteiger partial charge in [0.15, 0.2) is 0 Å². The minimum Gasteiger partial charge on any atom is -0.501 e. The molecule has 5 heteroatoms. The van der Waals surface area contributed by atoms with Crippen LogP contribution in [0.3, 0.4) is 0 Å². The standard InChI is InChI=1S/C16H25NO4/c1-13(20-3)10-11-15(14(2)21-4)17-16(19)9-7-5-6-8-12-18/h10-12H,2,5-9H2,1,3-4H3,(H,17,19)/b13-10+,15-11+. The molecule has 0 aromatic carbocycles. The Balaban J connectivity index is 4.44. The van der Waals surface area contributed by atoms with Crippen molar-refractivity contribution in [1.29, 1.82) is 0 Å². The number of rotatable bonds is 11. The highest BCUT2D eigenvalue weighted by molar-refractivity contribution is 5.78. The van der Waals surface area contributed by atoms with Crippen LogP contribution in [-0.4, -0.2) is 26.4 Å². The number of carbonyl (C=O) groups excluding carboxylic acids is 2. The Bertz CT molecular complexity index is 411. The van der Waals surface area contributed by atoms with Gasteiger partial charge in [-0.25, -0.2) is 0 Å². The van der Waals surface area contributed by atoms with Gasteiger partial charge in [-0.3, -0.25) is 4.79 Å². The first-order valence-electron chi connectivity index (χ1n) is 6.94. The van der Waals surface area contributed by atoms with Crippen molar-refractivity contribution in [3.63, 3.8) is 0 Å². The highest BCUT2D eigenvalue weighted by atomic mass is 16.5. The lowest BCUT2D eigenvalue weighted by Crippen LogP contribution is -2.23. The molecule has 0 rings (SSSR count). The van der Waals surface area contributed by atoms with Crippen LogP contribution < -0.4 is 5.32 Å². The third kappa shape index (κ3) is 9.49. The van der Waals surface area contributed by atoms with Gasteiger partial charge in [0.1, 0.15) is 12.0 Å². The van der Waals surface area contributed by atoms with Gasteiger partial charge >= 0.3 is 0 Å². The molecule has 0 bridgehead atoms. The molecule has 0 aliphatic rings. The van der Waals surface area contributed by atoms with E-state index >= 15 is 0 Å². The van der Waals surface area contributed by atoms with Crippen LogP contribution in [0.4, 0.5) is 0 Å². The molecule has 1 amide bonds. The average molecular weight is 295 g/mol. The SMILES string of the molecule is C=C(OC)/C(=C\C=C(/C)OC)NC(=O)CCCCCC=O. The molecule has 5 nitrogen and oxygen atoms in total. The molecule has 0 atom stereocenters. The summed E-state index contributed by atoms with van der Waals surface area (Å²) in [5, 5.41) is 2.77. The molecule has 1 N–H and O–H groups in total. The zero-order valence-electron chi connectivity index (χ0n) is 13.1. The van der Waals surface area contributed by atoms with Gasteiger partial charge in [0.05, 0.1) is 25.7 Å². The van der Waals surface area contributed by atoms with Gasteiger partial charge < -0.3 is 19.6 Å². The molecule has 118 valence electrons. The summed E-state index contributed by atoms with van der Waals surface area (Å²) in [6.45, 7) is 5.54. The van der Waals surface area contributed by atoms with E-state index in [4.69, 9.17) is 9.47 Å². The number of carbonyl (C=O) groups is 2. The molecule has 0 aromatic heterocycles. The van der Waals surface area contributed by atoms with Crippen LogP contribution in [0, 0.1) is 0 Å². The summed E-state index contributed by atoms with van der Waals surface area (Å²) >= 11 is 0. The molecule has 0 radical (unpaired) electrons. The lowest BCUT2D eigenvalue weighted by atomic mass is 10.1. The Labute approximate surface area is 126 Å². The van der Waals surface area contributed by atoms with E-state index in [1.165, 1.54) is 7.11 Å². The fourth-order valence-electron chi connectivity index (χ4n) is 1.49. The van der Waals surface area contributed by atoms with E-state index in [0.717, 1.165) is 25.5 Å². The van der Waals surface area contributed by atoms with Crippen molar-refractivity contribution in [1.82, 2.24) is 5.32 Å². The summed E-state index contributed by atoms with van der Waals surface area (Å²) in [5.41, 5.74) is 0.506. The Morgan fingerprint density at radius 2 is 1.86 bits per heavy atom. The molecule has 0 unspecified atom stereocenters. The Hall–Kier alpha value is -2.04. The zero-order chi connectivity index (χ0) is 16.1. The number of unbranched alkanes of at least 4 members (excludes halogenated alkanes) is 3. The van der Waals surface area contributed by atoms with Gasteiger partial charge in [-0.05, 0) is 31.9 Å². The van der Waals surface area contributed by atoms with Gasteiger partial charge in [-0.15, -0.1) is 0 Å². The van der Waals surface area contributed by atoms with Crippen molar-refractivity contribution in [2.75, 3.05) is 14.2 Å². The normalized spacial score (nSPS) is 11.8. The van der Waals surface area contributed by atoms with Crippen molar-refractivity contribution >= 4 is 12.2 Å². The maximum absolute atomic E-state index is 11.9. The topological polar surface area (TPSA) is 64.6 Å². The summed E-state index contributed by atoms with van der Waals surface area (Å²) in [5.74, 6) is 0.984. The number of nitrogens with one attached hydrogen (secondary N) is 1. The summed E-state index contributed by atoms with van der Waals surface area (Å²) < 4.78 is 10.1. The van der Waals surface area contributed by atoms with Gasteiger partial charge in [-0.1, -0.05) is 13.0 Å². The van der Waals surface area contributed by atoms with Crippen molar-refractivity contribution in [2.45, 2.75) is 39.0 Å². The fraction of sp³-hybridized carbons (Fsp3) is 0.500. The van der Waals surface area contributed by atoms with E-state index in [9.17, 15) is 9.59 Å². The zero-order valence-corrected chi connectivity index (χ0v) is 13.1. The molecule has 0 aliphatic carbocycles. The Morgan fingerprint density at radius 1 is 1.14 bits per heavy atom. The van der Waals surface area contributed by atoms with E-state index in [0.29, 0.717) is 30.1 Å². The first-order valence-corrected chi connectivity index (χ1v) is 6.94. The van der Waals surface area contributed by atoms with E-state index in [2.05, 4.69) is 11.9 Å². The first-order chi connectivity index (χ1) is 10.0. The van der Waals surface area contributed by atoms with Gasteiger partial charge in [0, 0.05) is 12.8 Å². The molecule has 0 aliphatic heterocycles. The smallest absolute Gasteiger partial charge is 0.224 e. The van der Waals surface area contributed by atoms with Crippen LogP contribution in [0.2, 0.25) is 0 Å². The van der Waals surface area contributed by atoms with Crippen molar-refractivity contribution in [3.8, 4) is 0 Å². The minimum atomic E-state index is -0.103. The number of aldehydes is 1. The van der Waals surface area contributed by atoms with E-state index < -0.39 is 0 Å². The van der Waals surface area contributed by atoms with Crippen molar-refractivity contribution in [2.24, 2.45) is 0 Å². The number of ether oxygens (including phenoxy) is 2. The molecule has 0 saturated carbocycles. The monoisotopic (exact) mass is 295 g/mol. The van der Waals surface area contributed by atoms with Crippen LogP contribution >= 0.6 is 0 Å². The van der Waals surface area contributed by atoms with E-state index in [1.807, 2.05) is 0 Å². The number of hydrogen-bond acceptors (Lipinski definition) is 4. The van der Waals surface area contributed by atoms with E-state index in [-0.39, 0.29) is 5.91 Å². The quantitative estimate of drug-likeness (QED) is 0.275. The number of methoxy groups -OCH3 is 2. The number of allylic oxidation sites excluding steroid dienone is 3. The molecule has 21 heavy (non-hydrogen) atoms. The third-order valence-corrected chi connectivity index (χ3v) is 2.85. The van der Waals surface area contributed by atoms with Crippen LogP contribution in [-0.2, 0) is 19.1 Å².